The van der Waals surface area contributed by atoms with Crippen molar-refractivity contribution in [3.8, 4) is 0 Å². The highest BCUT2D eigenvalue weighted by atomic mass is 79.9. The summed E-state index contributed by atoms with van der Waals surface area (Å²) in [5.41, 5.74) is 1.19. The van der Waals surface area contributed by atoms with E-state index < -0.39 is 0 Å². The minimum absolute atomic E-state index is 0.173. The third kappa shape index (κ3) is 5.10. The molecule has 0 aromatic heterocycles. The number of ether oxygens (including phenoxy) is 1. The summed E-state index contributed by atoms with van der Waals surface area (Å²) < 4.78 is 5.92. The number of hydrogen-bond donors (Lipinski definition) is 1. The van der Waals surface area contributed by atoms with Crippen LogP contribution in [0.3, 0.4) is 0 Å². The first-order valence-electron chi connectivity index (χ1n) is 5.38. The first kappa shape index (κ1) is 14.5. The van der Waals surface area contributed by atoms with Crippen molar-refractivity contribution in [2.75, 3.05) is 19.4 Å². The van der Waals surface area contributed by atoms with Crippen LogP contribution in [0.5, 0.6) is 0 Å². The number of benzene rings is 1. The Balaban J connectivity index is 2.67. The van der Waals surface area contributed by atoms with Crippen molar-refractivity contribution < 1.29 is 9.53 Å². The molecule has 0 heterocycles. The standard InChI is InChI=1S/C12H16BrNO2S/c1-3-16-12(15)8-17-11-6-10(13)5-4-9(11)7-14-2/h4-6,14H,3,7-8H2,1-2H3. The lowest BCUT2D eigenvalue weighted by molar-refractivity contribution is -0.139. The van der Waals surface area contributed by atoms with Crippen LogP contribution in [0.4, 0.5) is 0 Å². The van der Waals surface area contributed by atoms with Gasteiger partial charge in [-0.3, -0.25) is 4.79 Å². The molecule has 0 aliphatic heterocycles. The average Bonchev–Trinajstić information content (AvgIpc) is 2.30. The highest BCUT2D eigenvalue weighted by molar-refractivity contribution is 9.10. The first-order chi connectivity index (χ1) is 8.17. The van der Waals surface area contributed by atoms with Crippen LogP contribution in [-0.4, -0.2) is 25.4 Å². The minimum Gasteiger partial charge on any atom is -0.465 e. The topological polar surface area (TPSA) is 38.3 Å². The molecule has 3 nitrogen and oxygen atoms in total. The Bertz CT molecular complexity index is 385. The second kappa shape index (κ2) is 7.74. The quantitative estimate of drug-likeness (QED) is 0.647. The van der Waals surface area contributed by atoms with E-state index in [-0.39, 0.29) is 5.97 Å². The van der Waals surface area contributed by atoms with Crippen LogP contribution in [0.2, 0.25) is 0 Å². The van der Waals surface area contributed by atoms with Gasteiger partial charge >= 0.3 is 5.97 Å². The number of halogens is 1. The van der Waals surface area contributed by atoms with Crippen LogP contribution in [0.1, 0.15) is 12.5 Å². The van der Waals surface area contributed by atoms with E-state index in [0.29, 0.717) is 12.4 Å². The van der Waals surface area contributed by atoms with Gasteiger partial charge in [-0.2, -0.15) is 0 Å². The van der Waals surface area contributed by atoms with Crippen molar-refractivity contribution in [2.24, 2.45) is 0 Å². The Labute approximate surface area is 114 Å². The van der Waals surface area contributed by atoms with E-state index in [0.717, 1.165) is 15.9 Å². The molecule has 5 heteroatoms. The van der Waals surface area contributed by atoms with E-state index in [2.05, 4.69) is 21.2 Å². The summed E-state index contributed by atoms with van der Waals surface area (Å²) in [6.07, 6.45) is 0. The fraction of sp³-hybridized carbons (Fsp3) is 0.417. The summed E-state index contributed by atoms with van der Waals surface area (Å²) in [4.78, 5) is 12.4. The molecular weight excluding hydrogens is 302 g/mol. The number of thioether (sulfide) groups is 1. The van der Waals surface area contributed by atoms with Crippen LogP contribution in [0.15, 0.2) is 27.6 Å². The van der Waals surface area contributed by atoms with Crippen LogP contribution in [-0.2, 0) is 16.1 Å². The lowest BCUT2D eigenvalue weighted by atomic mass is 10.2. The van der Waals surface area contributed by atoms with Gasteiger partial charge < -0.3 is 10.1 Å². The minimum atomic E-state index is -0.173. The number of carbonyl (C=O) groups is 1. The lowest BCUT2D eigenvalue weighted by Gasteiger charge is -2.09. The van der Waals surface area contributed by atoms with Crippen molar-refractivity contribution in [1.29, 1.82) is 0 Å². The first-order valence-corrected chi connectivity index (χ1v) is 7.16. The molecule has 0 radical (unpaired) electrons. The van der Waals surface area contributed by atoms with Crippen LogP contribution < -0.4 is 5.32 Å². The molecule has 0 aliphatic rings. The number of nitrogens with one attached hydrogen (secondary N) is 1. The van der Waals surface area contributed by atoms with E-state index in [9.17, 15) is 4.79 Å². The monoisotopic (exact) mass is 317 g/mol. The molecule has 1 aromatic carbocycles. The summed E-state index contributed by atoms with van der Waals surface area (Å²) in [5.74, 6) is 0.175. The molecule has 0 bridgehead atoms. The van der Waals surface area contributed by atoms with Gasteiger partial charge in [-0.05, 0) is 31.7 Å². The highest BCUT2D eigenvalue weighted by Gasteiger charge is 2.07. The van der Waals surface area contributed by atoms with Crippen molar-refractivity contribution in [3.05, 3.63) is 28.2 Å². The number of rotatable bonds is 6. The van der Waals surface area contributed by atoms with Crippen molar-refractivity contribution in [1.82, 2.24) is 5.32 Å². The third-order valence-electron chi connectivity index (χ3n) is 2.05. The molecule has 0 atom stereocenters. The van der Waals surface area contributed by atoms with E-state index >= 15 is 0 Å². The predicted molar refractivity (Wildman–Crippen MR) is 74.3 cm³/mol. The molecule has 0 aliphatic carbocycles. The van der Waals surface area contributed by atoms with Crippen LogP contribution in [0, 0.1) is 0 Å². The summed E-state index contributed by atoms with van der Waals surface area (Å²) in [5, 5.41) is 3.11. The van der Waals surface area contributed by atoms with Gasteiger partial charge in [0.05, 0.1) is 12.4 Å². The van der Waals surface area contributed by atoms with Gasteiger partial charge in [0.25, 0.3) is 0 Å². The van der Waals surface area contributed by atoms with Crippen molar-refractivity contribution in [2.45, 2.75) is 18.4 Å². The summed E-state index contributed by atoms with van der Waals surface area (Å²) in [7, 11) is 1.90. The smallest absolute Gasteiger partial charge is 0.316 e. The fourth-order valence-corrected chi connectivity index (χ4v) is 2.74. The van der Waals surface area contributed by atoms with Gasteiger partial charge in [0.1, 0.15) is 0 Å². The number of hydrogen-bond acceptors (Lipinski definition) is 4. The Hall–Kier alpha value is -0.520. The van der Waals surface area contributed by atoms with E-state index in [1.165, 1.54) is 17.3 Å². The zero-order chi connectivity index (χ0) is 12.7. The average molecular weight is 318 g/mol. The Kier molecular flexibility index (Phi) is 6.62. The van der Waals surface area contributed by atoms with E-state index in [4.69, 9.17) is 4.74 Å². The van der Waals surface area contributed by atoms with Crippen LogP contribution >= 0.6 is 27.7 Å². The van der Waals surface area contributed by atoms with E-state index in [1.807, 2.05) is 32.2 Å². The van der Waals surface area contributed by atoms with Crippen molar-refractivity contribution >= 4 is 33.7 Å². The van der Waals surface area contributed by atoms with Crippen LogP contribution in [0.25, 0.3) is 0 Å². The molecule has 0 unspecified atom stereocenters. The maximum absolute atomic E-state index is 11.3. The second-order valence-corrected chi connectivity index (χ2v) is 5.31. The maximum Gasteiger partial charge on any atom is 0.316 e. The van der Waals surface area contributed by atoms with Gasteiger partial charge in [-0.15, -0.1) is 11.8 Å². The Morgan fingerprint density at radius 2 is 2.29 bits per heavy atom. The Morgan fingerprint density at radius 1 is 1.53 bits per heavy atom. The molecule has 0 spiro atoms. The van der Waals surface area contributed by atoms with Gasteiger partial charge in [0, 0.05) is 15.9 Å². The van der Waals surface area contributed by atoms with Gasteiger partial charge in [0.15, 0.2) is 0 Å². The lowest BCUT2D eigenvalue weighted by Crippen LogP contribution is -2.09. The molecule has 17 heavy (non-hydrogen) atoms. The SMILES string of the molecule is CCOC(=O)CSc1cc(Br)ccc1CNC. The summed E-state index contributed by atoms with van der Waals surface area (Å²) in [6.45, 7) is 3.04. The molecule has 1 rings (SSSR count). The zero-order valence-corrected chi connectivity index (χ0v) is 12.4. The molecule has 1 aromatic rings. The largest absolute Gasteiger partial charge is 0.465 e. The fourth-order valence-electron chi connectivity index (χ4n) is 1.34. The van der Waals surface area contributed by atoms with Crippen molar-refractivity contribution in [3.63, 3.8) is 0 Å². The number of carbonyl (C=O) groups excluding carboxylic acids is 1. The third-order valence-corrected chi connectivity index (χ3v) is 3.61. The molecule has 0 fully saturated rings. The highest BCUT2D eigenvalue weighted by Crippen LogP contribution is 2.26. The number of esters is 1. The predicted octanol–water partition coefficient (Wildman–Crippen LogP) is 2.82. The normalized spacial score (nSPS) is 10.3. The molecule has 0 saturated carbocycles. The zero-order valence-electron chi connectivity index (χ0n) is 9.96. The molecule has 0 saturated heterocycles. The summed E-state index contributed by atoms with van der Waals surface area (Å²) >= 11 is 4.94. The second-order valence-electron chi connectivity index (χ2n) is 3.38. The molecule has 0 amide bonds. The Morgan fingerprint density at radius 3 is 2.94 bits per heavy atom. The van der Waals surface area contributed by atoms with Gasteiger partial charge in [0.2, 0.25) is 0 Å². The maximum atomic E-state index is 11.3. The molecular formula is C12H16BrNO2S. The van der Waals surface area contributed by atoms with Gasteiger partial charge in [-0.25, -0.2) is 0 Å². The molecule has 94 valence electrons. The molecule has 1 N–H and O–H groups in total. The van der Waals surface area contributed by atoms with Gasteiger partial charge in [-0.1, -0.05) is 22.0 Å². The van der Waals surface area contributed by atoms with E-state index in [1.54, 1.807) is 0 Å². The summed E-state index contributed by atoms with van der Waals surface area (Å²) in [6, 6.07) is 6.08.